The van der Waals surface area contributed by atoms with E-state index in [0.717, 1.165) is 12.8 Å². The van der Waals surface area contributed by atoms with E-state index in [1.807, 2.05) is 6.92 Å². The number of carbonyl (C=O) groups is 2. The minimum atomic E-state index is -0.743. The number of halogens is 3. The Balaban J connectivity index is 2.37. The fraction of sp³-hybridized carbons (Fsp3) is 0.429. The second kappa shape index (κ2) is 9.90. The van der Waals surface area contributed by atoms with Crippen molar-refractivity contribution in [1.29, 1.82) is 0 Å². The smallest absolute Gasteiger partial charge is 0.337 e. The van der Waals surface area contributed by atoms with Gasteiger partial charge in [0.25, 0.3) is 0 Å². The zero-order valence-electron chi connectivity index (χ0n) is 11.9. The molecule has 1 aromatic carbocycles. The number of ether oxygens (including phenoxy) is 3. The summed E-state index contributed by atoms with van der Waals surface area (Å²) in [6, 6.07) is 2.78. The highest BCUT2D eigenvalue weighted by atomic mass is 35.5. The molecular formula is C14H15Cl3O5. The van der Waals surface area contributed by atoms with Gasteiger partial charge in [-0.1, -0.05) is 48.1 Å². The lowest BCUT2D eigenvalue weighted by Crippen LogP contribution is -2.20. The van der Waals surface area contributed by atoms with Gasteiger partial charge >= 0.3 is 11.9 Å². The number of hydrogen-bond acceptors (Lipinski definition) is 5. The highest BCUT2D eigenvalue weighted by Crippen LogP contribution is 2.35. The van der Waals surface area contributed by atoms with Gasteiger partial charge in [-0.3, -0.25) is 0 Å². The molecule has 0 aliphatic heterocycles. The Kier molecular flexibility index (Phi) is 8.56. The third kappa shape index (κ3) is 6.83. The first kappa shape index (κ1) is 19.0. The van der Waals surface area contributed by atoms with Crippen LogP contribution in [0.1, 0.15) is 19.8 Å². The molecule has 8 heteroatoms. The molecule has 0 saturated carbocycles. The molecule has 1 aromatic rings. The molecule has 0 N–H and O–H groups in total. The average Bonchev–Trinajstić information content (AvgIpc) is 2.43. The Morgan fingerprint density at radius 1 is 1.05 bits per heavy atom. The topological polar surface area (TPSA) is 61.8 Å². The number of hydrogen-bond donors (Lipinski definition) is 0. The van der Waals surface area contributed by atoms with Crippen LogP contribution in [0.3, 0.4) is 0 Å². The van der Waals surface area contributed by atoms with E-state index in [1.54, 1.807) is 0 Å². The summed E-state index contributed by atoms with van der Waals surface area (Å²) < 4.78 is 14.7. The lowest BCUT2D eigenvalue weighted by Gasteiger charge is -2.09. The van der Waals surface area contributed by atoms with Gasteiger partial charge < -0.3 is 14.2 Å². The van der Waals surface area contributed by atoms with Crippen molar-refractivity contribution in [3.63, 3.8) is 0 Å². The fourth-order valence-corrected chi connectivity index (χ4v) is 2.25. The molecule has 0 saturated heterocycles. The normalized spacial score (nSPS) is 10.4. The molecule has 0 unspecified atom stereocenters. The molecule has 5 nitrogen and oxygen atoms in total. The van der Waals surface area contributed by atoms with Gasteiger partial charge in [0.1, 0.15) is 13.2 Å². The van der Waals surface area contributed by atoms with Crippen LogP contribution >= 0.6 is 34.8 Å². The first-order valence-electron chi connectivity index (χ1n) is 6.52. The van der Waals surface area contributed by atoms with Crippen LogP contribution < -0.4 is 4.74 Å². The number of esters is 2. The molecule has 0 aromatic heterocycles. The Bertz CT molecular complexity index is 510. The van der Waals surface area contributed by atoms with Crippen molar-refractivity contribution in [2.24, 2.45) is 0 Å². The van der Waals surface area contributed by atoms with Crippen LogP contribution in [0.4, 0.5) is 0 Å². The molecule has 0 radical (unpaired) electrons. The van der Waals surface area contributed by atoms with Gasteiger partial charge in [-0.2, -0.15) is 0 Å². The Morgan fingerprint density at radius 2 is 1.64 bits per heavy atom. The third-order valence-corrected chi connectivity index (χ3v) is 3.16. The van der Waals surface area contributed by atoms with E-state index in [2.05, 4.69) is 0 Å². The van der Waals surface area contributed by atoms with E-state index >= 15 is 0 Å². The quantitative estimate of drug-likeness (QED) is 0.395. The molecule has 0 bridgehead atoms. The Morgan fingerprint density at radius 3 is 2.23 bits per heavy atom. The molecule has 0 amide bonds. The monoisotopic (exact) mass is 368 g/mol. The minimum absolute atomic E-state index is 0.00754. The van der Waals surface area contributed by atoms with Crippen LogP contribution in [0.15, 0.2) is 12.1 Å². The molecule has 0 heterocycles. The number of benzene rings is 1. The largest absolute Gasteiger partial charge is 0.464 e. The van der Waals surface area contributed by atoms with Crippen molar-refractivity contribution in [3.05, 3.63) is 27.2 Å². The summed E-state index contributed by atoms with van der Waals surface area (Å²) in [5, 5.41) is 0.524. The van der Waals surface area contributed by atoms with Crippen molar-refractivity contribution >= 4 is 46.7 Å². The fourth-order valence-electron chi connectivity index (χ4n) is 1.36. The van der Waals surface area contributed by atoms with Crippen LogP contribution in [0.2, 0.25) is 15.1 Å². The maximum absolute atomic E-state index is 11.6. The SMILES string of the molecule is CCCCOC(=O)COCC(=O)Oc1c(Cl)cc(Cl)cc1Cl. The standard InChI is InChI=1S/C14H15Cl3O5/c1-2-3-4-21-12(18)7-20-8-13(19)22-14-10(16)5-9(15)6-11(14)17/h5-6H,2-4,7-8H2,1H3. The van der Waals surface area contributed by atoms with E-state index in [9.17, 15) is 9.59 Å². The molecular weight excluding hydrogens is 355 g/mol. The number of carbonyl (C=O) groups excluding carboxylic acids is 2. The number of rotatable bonds is 8. The summed E-state index contributed by atoms with van der Waals surface area (Å²) >= 11 is 17.5. The predicted molar refractivity (Wildman–Crippen MR) is 83.8 cm³/mol. The van der Waals surface area contributed by atoms with Crippen molar-refractivity contribution in [2.45, 2.75) is 19.8 Å². The van der Waals surface area contributed by atoms with Gasteiger partial charge in [-0.05, 0) is 18.6 Å². The molecule has 0 aliphatic carbocycles. The first-order valence-corrected chi connectivity index (χ1v) is 7.66. The van der Waals surface area contributed by atoms with Crippen LogP contribution in [-0.2, 0) is 19.1 Å². The molecule has 0 spiro atoms. The van der Waals surface area contributed by atoms with Gasteiger partial charge in [0.15, 0.2) is 5.75 Å². The van der Waals surface area contributed by atoms with Crippen molar-refractivity contribution in [3.8, 4) is 5.75 Å². The van der Waals surface area contributed by atoms with E-state index < -0.39 is 18.5 Å². The molecule has 122 valence electrons. The van der Waals surface area contributed by atoms with Crippen LogP contribution in [0.25, 0.3) is 0 Å². The summed E-state index contributed by atoms with van der Waals surface area (Å²) in [7, 11) is 0. The Labute approximate surface area is 143 Å². The zero-order chi connectivity index (χ0) is 16.5. The summed E-state index contributed by atoms with van der Waals surface area (Å²) in [6.07, 6.45) is 1.70. The molecule has 0 fully saturated rings. The van der Waals surface area contributed by atoms with Gasteiger partial charge in [0.2, 0.25) is 0 Å². The second-order valence-electron chi connectivity index (χ2n) is 4.24. The van der Waals surface area contributed by atoms with Gasteiger partial charge in [-0.15, -0.1) is 0 Å². The summed E-state index contributed by atoms with van der Waals surface area (Å²) in [4.78, 5) is 22.8. The highest BCUT2D eigenvalue weighted by Gasteiger charge is 2.14. The maximum Gasteiger partial charge on any atom is 0.337 e. The summed E-state index contributed by atoms with van der Waals surface area (Å²) in [5.41, 5.74) is 0. The zero-order valence-corrected chi connectivity index (χ0v) is 14.1. The molecule has 22 heavy (non-hydrogen) atoms. The highest BCUT2D eigenvalue weighted by molar-refractivity contribution is 6.40. The van der Waals surface area contributed by atoms with Crippen molar-refractivity contribution < 1.29 is 23.8 Å². The van der Waals surface area contributed by atoms with Crippen molar-refractivity contribution in [2.75, 3.05) is 19.8 Å². The Hall–Kier alpha value is -1.01. The van der Waals surface area contributed by atoms with E-state index in [4.69, 9.17) is 49.0 Å². The summed E-state index contributed by atoms with van der Waals surface area (Å²) in [5.74, 6) is -1.29. The van der Waals surface area contributed by atoms with Crippen molar-refractivity contribution in [1.82, 2.24) is 0 Å². The van der Waals surface area contributed by atoms with Gasteiger partial charge in [0, 0.05) is 5.02 Å². The van der Waals surface area contributed by atoms with Crippen LogP contribution in [0, 0.1) is 0 Å². The number of unbranched alkanes of at least 4 members (excludes halogenated alkanes) is 1. The molecule has 0 aliphatic rings. The van der Waals surface area contributed by atoms with E-state index in [1.165, 1.54) is 12.1 Å². The second-order valence-corrected chi connectivity index (χ2v) is 5.49. The lowest BCUT2D eigenvalue weighted by atomic mass is 10.3. The third-order valence-electron chi connectivity index (χ3n) is 2.38. The molecule has 1 rings (SSSR count). The van der Waals surface area contributed by atoms with Gasteiger partial charge in [0.05, 0.1) is 16.7 Å². The minimum Gasteiger partial charge on any atom is -0.464 e. The van der Waals surface area contributed by atoms with Crippen LogP contribution in [0.5, 0.6) is 5.75 Å². The van der Waals surface area contributed by atoms with E-state index in [-0.39, 0.29) is 22.4 Å². The average molecular weight is 370 g/mol. The lowest BCUT2D eigenvalue weighted by molar-refractivity contribution is -0.152. The van der Waals surface area contributed by atoms with Gasteiger partial charge in [-0.25, -0.2) is 9.59 Å². The van der Waals surface area contributed by atoms with Crippen LogP contribution in [-0.4, -0.2) is 31.8 Å². The maximum atomic E-state index is 11.6. The molecule has 0 atom stereocenters. The predicted octanol–water partition coefficient (Wildman–Crippen LogP) is 3.91. The summed E-state index contributed by atoms with van der Waals surface area (Å²) in [6.45, 7) is 1.55. The van der Waals surface area contributed by atoms with E-state index in [0.29, 0.717) is 11.6 Å². The first-order chi connectivity index (χ1) is 10.4.